The fourth-order valence-corrected chi connectivity index (χ4v) is 3.12. The molecular weight excluding hydrogens is 246 g/mol. The van der Waals surface area contributed by atoms with Crippen LogP contribution in [0.5, 0.6) is 0 Å². The Balaban J connectivity index is 2.24. The number of benzene rings is 1. The van der Waals surface area contributed by atoms with Crippen molar-refractivity contribution in [1.82, 2.24) is 4.90 Å². The van der Waals surface area contributed by atoms with E-state index in [0.717, 1.165) is 25.1 Å². The molecule has 2 unspecified atom stereocenters. The molecule has 0 amide bonds. The minimum Gasteiger partial charge on any atom is -0.330 e. The van der Waals surface area contributed by atoms with Crippen LogP contribution in [0, 0.1) is 11.6 Å². The van der Waals surface area contributed by atoms with Crippen molar-refractivity contribution in [2.75, 3.05) is 19.6 Å². The van der Waals surface area contributed by atoms with Gasteiger partial charge in [-0.1, -0.05) is 19.4 Å². The van der Waals surface area contributed by atoms with Crippen LogP contribution in [-0.2, 0) is 0 Å². The highest BCUT2D eigenvalue weighted by Gasteiger charge is 2.29. The first-order chi connectivity index (χ1) is 9.17. The molecule has 0 radical (unpaired) electrons. The van der Waals surface area contributed by atoms with E-state index in [1.54, 1.807) is 6.07 Å². The van der Waals surface area contributed by atoms with Crippen LogP contribution in [-0.4, -0.2) is 30.6 Å². The number of nitrogens with two attached hydrogens (primary N) is 1. The smallest absolute Gasteiger partial charge is 0.159 e. The summed E-state index contributed by atoms with van der Waals surface area (Å²) < 4.78 is 26.4. The summed E-state index contributed by atoms with van der Waals surface area (Å²) in [6.07, 6.45) is 3.47. The molecule has 2 N–H and O–H groups in total. The van der Waals surface area contributed by atoms with E-state index in [9.17, 15) is 8.78 Å². The van der Waals surface area contributed by atoms with Gasteiger partial charge in [0, 0.05) is 18.5 Å². The van der Waals surface area contributed by atoms with Gasteiger partial charge < -0.3 is 10.6 Å². The molecular formula is C15H22F2N2. The minimum absolute atomic E-state index is 0.0790. The van der Waals surface area contributed by atoms with E-state index in [4.69, 9.17) is 5.73 Å². The number of hydrogen-bond donors (Lipinski definition) is 1. The van der Waals surface area contributed by atoms with Gasteiger partial charge in [-0.05, 0) is 43.6 Å². The van der Waals surface area contributed by atoms with Gasteiger partial charge in [-0.15, -0.1) is 0 Å². The molecule has 2 nitrogen and oxygen atoms in total. The van der Waals surface area contributed by atoms with Gasteiger partial charge in [0.15, 0.2) is 11.6 Å². The first-order valence-electron chi connectivity index (χ1n) is 7.06. The van der Waals surface area contributed by atoms with Crippen molar-refractivity contribution < 1.29 is 8.78 Å². The monoisotopic (exact) mass is 268 g/mol. The van der Waals surface area contributed by atoms with Crippen LogP contribution in [0.15, 0.2) is 18.2 Å². The second-order valence-corrected chi connectivity index (χ2v) is 5.21. The number of likely N-dealkylation sites (tertiary alicyclic amines) is 1. The zero-order chi connectivity index (χ0) is 13.8. The average molecular weight is 268 g/mol. The summed E-state index contributed by atoms with van der Waals surface area (Å²) in [6, 6.07) is 4.51. The molecule has 1 heterocycles. The Morgan fingerprint density at radius 2 is 2.11 bits per heavy atom. The molecule has 1 saturated heterocycles. The zero-order valence-electron chi connectivity index (χ0n) is 11.4. The lowest BCUT2D eigenvalue weighted by Crippen LogP contribution is -2.45. The van der Waals surface area contributed by atoms with E-state index in [0.29, 0.717) is 12.6 Å². The van der Waals surface area contributed by atoms with Crippen LogP contribution < -0.4 is 5.73 Å². The van der Waals surface area contributed by atoms with Gasteiger partial charge in [0.1, 0.15) is 0 Å². The fraction of sp³-hybridized carbons (Fsp3) is 0.600. The van der Waals surface area contributed by atoms with E-state index >= 15 is 0 Å². The lowest BCUT2D eigenvalue weighted by molar-refractivity contribution is 0.133. The van der Waals surface area contributed by atoms with Crippen molar-refractivity contribution in [1.29, 1.82) is 0 Å². The Hall–Kier alpha value is -1.00. The molecule has 19 heavy (non-hydrogen) atoms. The molecule has 0 aliphatic carbocycles. The van der Waals surface area contributed by atoms with Crippen molar-refractivity contribution in [3.05, 3.63) is 35.4 Å². The van der Waals surface area contributed by atoms with Gasteiger partial charge in [0.05, 0.1) is 0 Å². The van der Waals surface area contributed by atoms with E-state index in [1.165, 1.54) is 25.0 Å². The SMILES string of the molecule is CCN1CCCCC1C(CN)c1ccc(F)c(F)c1. The molecule has 0 aromatic heterocycles. The van der Waals surface area contributed by atoms with Crippen molar-refractivity contribution >= 4 is 0 Å². The van der Waals surface area contributed by atoms with Crippen molar-refractivity contribution in [3.8, 4) is 0 Å². The predicted molar refractivity (Wildman–Crippen MR) is 73.0 cm³/mol. The van der Waals surface area contributed by atoms with Crippen LogP contribution in [0.3, 0.4) is 0 Å². The molecule has 1 aromatic carbocycles. The number of halogens is 2. The third kappa shape index (κ3) is 3.12. The maximum atomic E-state index is 13.4. The molecule has 0 saturated carbocycles. The number of nitrogens with zero attached hydrogens (tertiary/aromatic N) is 1. The van der Waals surface area contributed by atoms with Gasteiger partial charge in [-0.25, -0.2) is 8.78 Å². The molecule has 0 spiro atoms. The number of piperidine rings is 1. The Labute approximate surface area is 113 Å². The summed E-state index contributed by atoms with van der Waals surface area (Å²) in [5.74, 6) is -1.50. The van der Waals surface area contributed by atoms with Crippen molar-refractivity contribution in [3.63, 3.8) is 0 Å². The quantitative estimate of drug-likeness (QED) is 0.909. The van der Waals surface area contributed by atoms with Gasteiger partial charge in [-0.2, -0.15) is 0 Å². The van der Waals surface area contributed by atoms with Crippen LogP contribution in [0.25, 0.3) is 0 Å². The minimum atomic E-state index is -0.796. The summed E-state index contributed by atoms with van der Waals surface area (Å²) in [5, 5.41) is 0. The second kappa shape index (κ2) is 6.44. The molecule has 106 valence electrons. The topological polar surface area (TPSA) is 29.3 Å². The van der Waals surface area contributed by atoms with Crippen LogP contribution in [0.4, 0.5) is 8.78 Å². The van der Waals surface area contributed by atoms with Gasteiger partial charge in [0.2, 0.25) is 0 Å². The molecule has 2 rings (SSSR count). The lowest BCUT2D eigenvalue weighted by atomic mass is 9.85. The largest absolute Gasteiger partial charge is 0.330 e. The highest BCUT2D eigenvalue weighted by atomic mass is 19.2. The van der Waals surface area contributed by atoms with Gasteiger partial charge >= 0.3 is 0 Å². The third-order valence-corrected chi connectivity index (χ3v) is 4.16. The first kappa shape index (κ1) is 14.4. The average Bonchev–Trinajstić information content (AvgIpc) is 2.44. The fourth-order valence-electron chi connectivity index (χ4n) is 3.12. The summed E-state index contributed by atoms with van der Waals surface area (Å²) in [4.78, 5) is 2.41. The van der Waals surface area contributed by atoms with Crippen LogP contribution in [0.1, 0.15) is 37.7 Å². The van der Waals surface area contributed by atoms with Gasteiger partial charge in [0.25, 0.3) is 0 Å². The second-order valence-electron chi connectivity index (χ2n) is 5.21. The molecule has 1 fully saturated rings. The summed E-state index contributed by atoms with van der Waals surface area (Å²) >= 11 is 0. The maximum absolute atomic E-state index is 13.4. The molecule has 1 aliphatic heterocycles. The Kier molecular flexibility index (Phi) is 4.88. The number of hydrogen-bond acceptors (Lipinski definition) is 2. The normalized spacial score (nSPS) is 22.4. The zero-order valence-corrected chi connectivity index (χ0v) is 11.4. The van der Waals surface area contributed by atoms with Crippen LogP contribution in [0.2, 0.25) is 0 Å². The Morgan fingerprint density at radius 3 is 2.74 bits per heavy atom. The molecule has 1 aliphatic rings. The van der Waals surface area contributed by atoms with Crippen molar-refractivity contribution in [2.24, 2.45) is 5.73 Å². The highest BCUT2D eigenvalue weighted by molar-refractivity contribution is 5.24. The number of likely N-dealkylation sites (N-methyl/N-ethyl adjacent to an activating group) is 1. The molecule has 4 heteroatoms. The maximum Gasteiger partial charge on any atom is 0.159 e. The predicted octanol–water partition coefficient (Wildman–Crippen LogP) is 2.88. The lowest BCUT2D eigenvalue weighted by Gasteiger charge is -2.39. The van der Waals surface area contributed by atoms with E-state index < -0.39 is 11.6 Å². The van der Waals surface area contributed by atoms with E-state index in [2.05, 4.69) is 11.8 Å². The Bertz CT molecular complexity index is 423. The van der Waals surface area contributed by atoms with Gasteiger partial charge in [-0.3, -0.25) is 0 Å². The molecule has 0 bridgehead atoms. The first-order valence-corrected chi connectivity index (χ1v) is 7.06. The standard InChI is InChI=1S/C15H22F2N2/c1-2-19-8-4-3-5-15(19)12(10-18)11-6-7-13(16)14(17)9-11/h6-7,9,12,15H,2-5,8,10,18H2,1H3. The number of rotatable bonds is 4. The molecule has 2 atom stereocenters. The summed E-state index contributed by atoms with van der Waals surface area (Å²) in [5.41, 5.74) is 6.71. The van der Waals surface area contributed by atoms with Crippen molar-refractivity contribution in [2.45, 2.75) is 38.1 Å². The molecule has 1 aromatic rings. The van der Waals surface area contributed by atoms with E-state index in [-0.39, 0.29) is 5.92 Å². The Morgan fingerprint density at radius 1 is 1.32 bits per heavy atom. The third-order valence-electron chi connectivity index (χ3n) is 4.16. The van der Waals surface area contributed by atoms with Crippen LogP contribution >= 0.6 is 0 Å². The highest BCUT2D eigenvalue weighted by Crippen LogP contribution is 2.30. The summed E-state index contributed by atoms with van der Waals surface area (Å²) in [7, 11) is 0. The summed E-state index contributed by atoms with van der Waals surface area (Å²) in [6.45, 7) is 4.65. The van der Waals surface area contributed by atoms with E-state index in [1.807, 2.05) is 0 Å².